The van der Waals surface area contributed by atoms with Crippen molar-refractivity contribution in [2.75, 3.05) is 19.8 Å². The molecule has 2 rings (SSSR count). The van der Waals surface area contributed by atoms with E-state index in [4.69, 9.17) is 14.2 Å². The first-order valence-corrected chi connectivity index (χ1v) is 8.79. The highest BCUT2D eigenvalue weighted by Gasteiger charge is 2.40. The Hall–Kier alpha value is -0.540. The van der Waals surface area contributed by atoms with Crippen LogP contribution in [-0.2, 0) is 14.2 Å². The van der Waals surface area contributed by atoms with Crippen molar-refractivity contribution in [2.24, 2.45) is 5.92 Å². The van der Waals surface area contributed by atoms with Crippen LogP contribution in [0.4, 0.5) is 0 Å². The molecule has 3 heteroatoms. The Morgan fingerprint density at radius 2 is 2.00 bits per heavy atom. The van der Waals surface area contributed by atoms with E-state index in [-0.39, 0.29) is 5.60 Å². The summed E-state index contributed by atoms with van der Waals surface area (Å²) in [6.07, 6.45) is 13.2. The Bertz CT molecular complexity index is 295. The quantitative estimate of drug-likeness (QED) is 0.320. The lowest BCUT2D eigenvalue weighted by atomic mass is 9.72. The summed E-state index contributed by atoms with van der Waals surface area (Å²) in [4.78, 5) is 0. The van der Waals surface area contributed by atoms with Crippen molar-refractivity contribution in [3.63, 3.8) is 0 Å². The van der Waals surface area contributed by atoms with E-state index in [1.165, 1.54) is 44.9 Å². The lowest BCUT2D eigenvalue weighted by molar-refractivity contribution is -0.114. The van der Waals surface area contributed by atoms with Crippen LogP contribution in [0.2, 0.25) is 0 Å². The first-order chi connectivity index (χ1) is 10.3. The minimum absolute atomic E-state index is 0.0473. The molecule has 1 heterocycles. The van der Waals surface area contributed by atoms with Gasteiger partial charge in [-0.2, -0.15) is 0 Å². The molecule has 0 N–H and O–H groups in total. The van der Waals surface area contributed by atoms with Gasteiger partial charge in [-0.1, -0.05) is 39.2 Å². The van der Waals surface area contributed by atoms with E-state index in [0.717, 1.165) is 32.7 Å². The number of hydrogen-bond donors (Lipinski definition) is 0. The van der Waals surface area contributed by atoms with E-state index in [9.17, 15) is 0 Å². The molecule has 1 aliphatic heterocycles. The fourth-order valence-corrected chi connectivity index (χ4v) is 3.81. The molecule has 21 heavy (non-hydrogen) atoms. The van der Waals surface area contributed by atoms with Gasteiger partial charge in [-0.05, 0) is 38.0 Å². The lowest BCUT2D eigenvalue weighted by Crippen LogP contribution is -2.43. The van der Waals surface area contributed by atoms with Crippen LogP contribution >= 0.6 is 0 Å². The summed E-state index contributed by atoms with van der Waals surface area (Å²) in [7, 11) is 0. The van der Waals surface area contributed by atoms with Gasteiger partial charge in [0.1, 0.15) is 6.10 Å². The third-order valence-electron chi connectivity index (χ3n) is 4.96. The monoisotopic (exact) mass is 296 g/mol. The molecule has 0 aromatic carbocycles. The summed E-state index contributed by atoms with van der Waals surface area (Å²) in [5.41, 5.74) is 0.0473. The van der Waals surface area contributed by atoms with Crippen molar-refractivity contribution in [3.05, 3.63) is 12.8 Å². The van der Waals surface area contributed by atoms with Gasteiger partial charge in [0.15, 0.2) is 0 Å². The van der Waals surface area contributed by atoms with Crippen LogP contribution in [0.5, 0.6) is 0 Å². The Morgan fingerprint density at radius 3 is 2.62 bits per heavy atom. The second kappa shape index (κ2) is 8.79. The average Bonchev–Trinajstić information content (AvgIpc) is 3.34. The maximum atomic E-state index is 6.51. The van der Waals surface area contributed by atoms with Crippen molar-refractivity contribution in [2.45, 2.75) is 76.4 Å². The van der Waals surface area contributed by atoms with Gasteiger partial charge in [0.25, 0.3) is 0 Å². The summed E-state index contributed by atoms with van der Waals surface area (Å²) in [5.74, 6) is 0.716. The van der Waals surface area contributed by atoms with Gasteiger partial charge in [0.05, 0.1) is 31.7 Å². The fourth-order valence-electron chi connectivity index (χ4n) is 3.81. The maximum Gasteiger partial charge on any atom is 0.104 e. The Kier molecular flexibility index (Phi) is 7.05. The summed E-state index contributed by atoms with van der Waals surface area (Å²) in [6, 6.07) is 0. The minimum atomic E-state index is 0.0473. The average molecular weight is 296 g/mol. The zero-order chi connectivity index (χ0) is 15.0. The minimum Gasteiger partial charge on any atom is -0.502 e. The van der Waals surface area contributed by atoms with Crippen LogP contribution in [0, 0.1) is 5.92 Å². The molecule has 122 valence electrons. The van der Waals surface area contributed by atoms with E-state index >= 15 is 0 Å². The third kappa shape index (κ3) is 5.30. The third-order valence-corrected chi connectivity index (χ3v) is 4.96. The molecule has 0 aromatic rings. The van der Waals surface area contributed by atoms with E-state index in [0.29, 0.717) is 12.0 Å². The van der Waals surface area contributed by atoms with E-state index in [2.05, 4.69) is 13.5 Å². The predicted molar refractivity (Wildman–Crippen MR) is 85.3 cm³/mol. The highest BCUT2D eigenvalue weighted by Crippen LogP contribution is 2.41. The molecule has 2 fully saturated rings. The van der Waals surface area contributed by atoms with Gasteiger partial charge in [-0.3, -0.25) is 0 Å². The smallest absolute Gasteiger partial charge is 0.104 e. The molecule has 2 aliphatic rings. The molecule has 1 aliphatic carbocycles. The molecule has 2 atom stereocenters. The van der Waals surface area contributed by atoms with Crippen LogP contribution in [0.25, 0.3) is 0 Å². The molecule has 0 aromatic heterocycles. The number of ether oxygens (including phenoxy) is 3. The van der Waals surface area contributed by atoms with E-state index in [1.807, 2.05) is 0 Å². The molecule has 0 spiro atoms. The van der Waals surface area contributed by atoms with Gasteiger partial charge in [0.2, 0.25) is 0 Å². The Morgan fingerprint density at radius 1 is 1.24 bits per heavy atom. The van der Waals surface area contributed by atoms with Crippen LogP contribution in [0.1, 0.15) is 64.7 Å². The molecule has 3 nitrogen and oxygen atoms in total. The highest BCUT2D eigenvalue weighted by atomic mass is 16.6. The maximum absolute atomic E-state index is 6.51. The number of epoxide rings is 1. The normalized spacial score (nSPS) is 25.3. The van der Waals surface area contributed by atoms with E-state index in [1.54, 1.807) is 6.26 Å². The molecular weight excluding hydrogens is 264 g/mol. The lowest BCUT2D eigenvalue weighted by Gasteiger charge is -2.43. The van der Waals surface area contributed by atoms with Crippen LogP contribution < -0.4 is 0 Å². The summed E-state index contributed by atoms with van der Waals surface area (Å²) < 4.78 is 17.2. The zero-order valence-corrected chi connectivity index (χ0v) is 13.6. The van der Waals surface area contributed by atoms with Gasteiger partial charge in [0, 0.05) is 0 Å². The number of hydrogen-bond acceptors (Lipinski definition) is 3. The van der Waals surface area contributed by atoms with Crippen molar-refractivity contribution in [1.29, 1.82) is 0 Å². The highest BCUT2D eigenvalue weighted by molar-refractivity contribution is 4.91. The van der Waals surface area contributed by atoms with Gasteiger partial charge < -0.3 is 14.2 Å². The zero-order valence-electron chi connectivity index (χ0n) is 13.6. The Labute approximate surface area is 130 Å². The topological polar surface area (TPSA) is 31.0 Å². The first-order valence-electron chi connectivity index (χ1n) is 8.79. The SMILES string of the molecule is C=COCCCC(CCC)(OCC1CO1)C1CCCCC1. The molecular formula is C18H32O3. The largest absolute Gasteiger partial charge is 0.502 e. The van der Waals surface area contributed by atoms with Gasteiger partial charge >= 0.3 is 0 Å². The molecule has 0 bridgehead atoms. The molecule has 0 radical (unpaired) electrons. The summed E-state index contributed by atoms with van der Waals surface area (Å²) >= 11 is 0. The molecule has 0 amide bonds. The summed E-state index contributed by atoms with van der Waals surface area (Å²) in [5, 5.41) is 0. The van der Waals surface area contributed by atoms with Crippen LogP contribution in [0.15, 0.2) is 12.8 Å². The van der Waals surface area contributed by atoms with Gasteiger partial charge in [-0.15, -0.1) is 0 Å². The molecule has 1 saturated carbocycles. The molecule has 2 unspecified atom stereocenters. The van der Waals surface area contributed by atoms with Crippen molar-refractivity contribution in [3.8, 4) is 0 Å². The standard InChI is InChI=1S/C18H32O3/c1-3-11-18(12-8-13-19-4-2,21-15-17-14-20-17)16-9-6-5-7-10-16/h4,16-17H,2-3,5-15H2,1H3. The van der Waals surface area contributed by atoms with E-state index < -0.39 is 0 Å². The van der Waals surface area contributed by atoms with Gasteiger partial charge in [-0.25, -0.2) is 0 Å². The predicted octanol–water partition coefficient (Wildman–Crippen LogP) is 4.46. The van der Waals surface area contributed by atoms with Crippen molar-refractivity contribution in [1.82, 2.24) is 0 Å². The summed E-state index contributed by atoms with van der Waals surface area (Å²) in [6.45, 7) is 8.30. The first kappa shape index (κ1) is 16.8. The van der Waals surface area contributed by atoms with Crippen molar-refractivity contribution >= 4 is 0 Å². The second-order valence-electron chi connectivity index (χ2n) is 6.56. The second-order valence-corrected chi connectivity index (χ2v) is 6.56. The van der Waals surface area contributed by atoms with Crippen molar-refractivity contribution < 1.29 is 14.2 Å². The van der Waals surface area contributed by atoms with Crippen LogP contribution in [0.3, 0.4) is 0 Å². The fraction of sp³-hybridized carbons (Fsp3) is 0.889. The molecule has 1 saturated heterocycles. The Balaban J connectivity index is 1.96. The number of rotatable bonds is 11. The van der Waals surface area contributed by atoms with Crippen LogP contribution in [-0.4, -0.2) is 31.5 Å².